The molecule has 0 bridgehead atoms. The Hall–Kier alpha value is -0.930. The van der Waals surface area contributed by atoms with Crippen molar-refractivity contribution >= 4 is 0 Å². The van der Waals surface area contributed by atoms with Crippen LogP contribution in [0.5, 0.6) is 0 Å². The second-order valence-corrected chi connectivity index (χ2v) is 2.44. The highest BCUT2D eigenvalue weighted by atomic mass is 16.3. The van der Waals surface area contributed by atoms with Crippen molar-refractivity contribution < 1.29 is 10.2 Å². The molecule has 0 aliphatic rings. The molecule has 1 aromatic rings. The van der Waals surface area contributed by atoms with Crippen molar-refractivity contribution in [2.75, 3.05) is 0 Å². The maximum Gasteiger partial charge on any atom is 0.0853 e. The number of aliphatic hydroxyl groups excluding tert-OH is 2. The summed E-state index contributed by atoms with van der Waals surface area (Å²) in [6.07, 6.45) is 0. The van der Waals surface area contributed by atoms with Crippen LogP contribution in [-0.4, -0.2) is 15.2 Å². The molecule has 3 heteroatoms. The van der Waals surface area contributed by atoms with Gasteiger partial charge in [0.05, 0.1) is 24.6 Å². The third-order valence-corrected chi connectivity index (χ3v) is 1.40. The van der Waals surface area contributed by atoms with Crippen molar-refractivity contribution in [1.82, 2.24) is 4.98 Å². The van der Waals surface area contributed by atoms with Crippen molar-refractivity contribution in [2.45, 2.75) is 20.1 Å². The van der Waals surface area contributed by atoms with E-state index in [4.69, 9.17) is 10.2 Å². The molecule has 1 heterocycles. The number of nitrogens with zero attached hydrogens (tertiary/aromatic N) is 1. The topological polar surface area (TPSA) is 53.4 Å². The van der Waals surface area contributed by atoms with Crippen LogP contribution in [0.1, 0.15) is 17.0 Å². The van der Waals surface area contributed by atoms with Crippen molar-refractivity contribution in [3.63, 3.8) is 0 Å². The molecule has 0 atom stereocenters. The van der Waals surface area contributed by atoms with Gasteiger partial charge in [-0.2, -0.15) is 0 Å². The van der Waals surface area contributed by atoms with Gasteiger partial charge in [0.1, 0.15) is 0 Å². The van der Waals surface area contributed by atoms with Crippen LogP contribution in [0.15, 0.2) is 12.1 Å². The largest absolute Gasteiger partial charge is 0.390 e. The number of aliphatic hydroxyl groups is 2. The molecule has 60 valence electrons. The van der Waals surface area contributed by atoms with Gasteiger partial charge in [-0.15, -0.1) is 0 Å². The molecular weight excluding hydrogens is 142 g/mol. The second kappa shape index (κ2) is 3.46. The van der Waals surface area contributed by atoms with E-state index in [1.165, 1.54) is 0 Å². The van der Waals surface area contributed by atoms with E-state index in [1.54, 1.807) is 12.1 Å². The predicted molar refractivity (Wildman–Crippen MR) is 40.8 cm³/mol. The third kappa shape index (κ3) is 2.00. The van der Waals surface area contributed by atoms with E-state index < -0.39 is 0 Å². The monoisotopic (exact) mass is 153 g/mol. The maximum absolute atomic E-state index is 8.74. The summed E-state index contributed by atoms with van der Waals surface area (Å²) in [6, 6.07) is 3.58. The van der Waals surface area contributed by atoms with E-state index >= 15 is 0 Å². The first-order valence-electron chi connectivity index (χ1n) is 3.44. The highest BCUT2D eigenvalue weighted by molar-refractivity contribution is 5.19. The van der Waals surface area contributed by atoms with Gasteiger partial charge < -0.3 is 10.2 Å². The van der Waals surface area contributed by atoms with Crippen LogP contribution in [-0.2, 0) is 13.2 Å². The molecule has 1 aromatic heterocycles. The van der Waals surface area contributed by atoms with Gasteiger partial charge in [0.2, 0.25) is 0 Å². The minimum absolute atomic E-state index is 0.0747. The van der Waals surface area contributed by atoms with Gasteiger partial charge in [0, 0.05) is 0 Å². The van der Waals surface area contributed by atoms with E-state index in [2.05, 4.69) is 4.98 Å². The molecule has 1 rings (SSSR count). The molecule has 0 fully saturated rings. The van der Waals surface area contributed by atoms with Crippen LogP contribution in [0.4, 0.5) is 0 Å². The smallest absolute Gasteiger partial charge is 0.0853 e. The Bertz CT molecular complexity index is 226. The highest BCUT2D eigenvalue weighted by Crippen LogP contribution is 2.04. The van der Waals surface area contributed by atoms with Gasteiger partial charge in [-0.25, -0.2) is 0 Å². The molecular formula is C8H11NO2. The van der Waals surface area contributed by atoms with E-state index in [9.17, 15) is 0 Å². The van der Waals surface area contributed by atoms with Gasteiger partial charge in [0.25, 0.3) is 0 Å². The molecule has 11 heavy (non-hydrogen) atoms. The molecule has 0 spiro atoms. The Labute approximate surface area is 65.3 Å². The molecule has 0 aromatic carbocycles. The van der Waals surface area contributed by atoms with Crippen LogP contribution in [0.3, 0.4) is 0 Å². The normalized spacial score (nSPS) is 10.1. The number of rotatable bonds is 2. The van der Waals surface area contributed by atoms with E-state index in [1.807, 2.05) is 6.92 Å². The van der Waals surface area contributed by atoms with Gasteiger partial charge in [-0.1, -0.05) is 0 Å². The molecule has 0 aliphatic carbocycles. The summed E-state index contributed by atoms with van der Waals surface area (Å²) < 4.78 is 0. The van der Waals surface area contributed by atoms with Crippen LogP contribution < -0.4 is 0 Å². The maximum atomic E-state index is 8.74. The summed E-state index contributed by atoms with van der Waals surface area (Å²) in [6.45, 7) is 1.75. The Balaban J connectivity index is 3.02. The zero-order valence-corrected chi connectivity index (χ0v) is 6.41. The van der Waals surface area contributed by atoms with E-state index in [-0.39, 0.29) is 13.2 Å². The average Bonchev–Trinajstić information content (AvgIpc) is 2.03. The van der Waals surface area contributed by atoms with Gasteiger partial charge in [-0.05, 0) is 24.6 Å². The number of hydrogen-bond donors (Lipinski definition) is 2. The average molecular weight is 153 g/mol. The van der Waals surface area contributed by atoms with Crippen molar-refractivity contribution in [3.05, 3.63) is 29.1 Å². The van der Waals surface area contributed by atoms with Gasteiger partial charge in [0.15, 0.2) is 0 Å². The molecule has 0 aliphatic heterocycles. The first-order chi connectivity index (χ1) is 5.26. The minimum Gasteiger partial charge on any atom is -0.390 e. The first-order valence-corrected chi connectivity index (χ1v) is 3.44. The lowest BCUT2D eigenvalue weighted by molar-refractivity contribution is 0.265. The van der Waals surface area contributed by atoms with Crippen LogP contribution >= 0.6 is 0 Å². The van der Waals surface area contributed by atoms with Crippen LogP contribution in [0.25, 0.3) is 0 Å². The lowest BCUT2D eigenvalue weighted by Gasteiger charge is -2.01. The molecule has 0 amide bonds. The number of aromatic nitrogens is 1. The first kappa shape index (κ1) is 8.17. The Morgan fingerprint density at radius 2 is 1.64 bits per heavy atom. The summed E-state index contributed by atoms with van der Waals surface area (Å²) in [7, 11) is 0. The van der Waals surface area contributed by atoms with Crippen molar-refractivity contribution in [2.24, 2.45) is 0 Å². The number of hydrogen-bond acceptors (Lipinski definition) is 3. The molecule has 0 saturated carbocycles. The van der Waals surface area contributed by atoms with Crippen LogP contribution in [0.2, 0.25) is 0 Å². The van der Waals surface area contributed by atoms with Crippen molar-refractivity contribution in [3.8, 4) is 0 Å². The number of pyridine rings is 1. The fourth-order valence-electron chi connectivity index (χ4n) is 0.978. The quantitative estimate of drug-likeness (QED) is 0.645. The van der Waals surface area contributed by atoms with Gasteiger partial charge >= 0.3 is 0 Å². The van der Waals surface area contributed by atoms with Gasteiger partial charge in [-0.3, -0.25) is 4.98 Å². The van der Waals surface area contributed by atoms with Crippen LogP contribution in [0, 0.1) is 6.92 Å². The lowest BCUT2D eigenvalue weighted by Crippen LogP contribution is -1.96. The fourth-order valence-corrected chi connectivity index (χ4v) is 0.978. The molecule has 0 unspecified atom stereocenters. The zero-order chi connectivity index (χ0) is 8.27. The number of aryl methyl sites for hydroxylation is 1. The van der Waals surface area contributed by atoms with Crippen molar-refractivity contribution in [1.29, 1.82) is 0 Å². The third-order valence-electron chi connectivity index (χ3n) is 1.40. The SMILES string of the molecule is Cc1cc(CO)nc(CO)c1. The summed E-state index contributed by atoms with van der Waals surface area (Å²) in [5, 5.41) is 17.5. The lowest BCUT2D eigenvalue weighted by atomic mass is 10.2. The Kier molecular flexibility index (Phi) is 2.57. The Morgan fingerprint density at radius 3 is 2.00 bits per heavy atom. The molecule has 2 N–H and O–H groups in total. The summed E-state index contributed by atoms with van der Waals surface area (Å²) in [4.78, 5) is 3.97. The van der Waals surface area contributed by atoms with E-state index in [0.29, 0.717) is 11.4 Å². The second-order valence-electron chi connectivity index (χ2n) is 2.44. The fraction of sp³-hybridized carbons (Fsp3) is 0.375. The molecule has 3 nitrogen and oxygen atoms in total. The summed E-state index contributed by atoms with van der Waals surface area (Å²) >= 11 is 0. The molecule has 0 radical (unpaired) electrons. The Morgan fingerprint density at radius 1 is 1.18 bits per heavy atom. The summed E-state index contributed by atoms with van der Waals surface area (Å²) in [5.74, 6) is 0. The minimum atomic E-state index is -0.0747. The predicted octanol–water partition coefficient (Wildman–Crippen LogP) is 0.375. The standard InChI is InChI=1S/C8H11NO2/c1-6-2-7(4-10)9-8(3-6)5-11/h2-3,10-11H,4-5H2,1H3. The molecule has 0 saturated heterocycles. The zero-order valence-electron chi connectivity index (χ0n) is 6.41. The van der Waals surface area contributed by atoms with E-state index in [0.717, 1.165) is 5.56 Å². The summed E-state index contributed by atoms with van der Waals surface area (Å²) in [5.41, 5.74) is 2.22. The highest BCUT2D eigenvalue weighted by Gasteiger charge is 1.97.